The zero-order valence-electron chi connectivity index (χ0n) is 8.04. The SMILES string of the molecule is CC(C)(F)C(=O)Nc1ccc(O)cc1. The van der Waals surface area contributed by atoms with Crippen molar-refractivity contribution in [2.75, 3.05) is 5.32 Å². The minimum atomic E-state index is -1.90. The molecule has 0 aromatic heterocycles. The van der Waals surface area contributed by atoms with Gasteiger partial charge in [-0.3, -0.25) is 4.79 Å². The second kappa shape index (κ2) is 3.65. The average molecular weight is 197 g/mol. The number of phenolic OH excluding ortho intramolecular Hbond substituents is 1. The van der Waals surface area contributed by atoms with Gasteiger partial charge in [0.25, 0.3) is 5.91 Å². The first kappa shape index (κ1) is 10.5. The molecule has 0 saturated heterocycles. The van der Waals surface area contributed by atoms with Crippen molar-refractivity contribution >= 4 is 11.6 Å². The van der Waals surface area contributed by atoms with Crippen molar-refractivity contribution in [3.05, 3.63) is 24.3 Å². The molecule has 0 aliphatic rings. The number of rotatable bonds is 2. The van der Waals surface area contributed by atoms with Gasteiger partial charge >= 0.3 is 0 Å². The summed E-state index contributed by atoms with van der Waals surface area (Å²) in [5, 5.41) is 11.3. The average Bonchev–Trinajstić information content (AvgIpc) is 2.07. The number of amides is 1. The molecule has 1 rings (SSSR count). The fraction of sp³-hybridized carbons (Fsp3) is 0.300. The van der Waals surface area contributed by atoms with E-state index in [0.717, 1.165) is 0 Å². The van der Waals surface area contributed by atoms with Gasteiger partial charge < -0.3 is 10.4 Å². The Balaban J connectivity index is 2.71. The van der Waals surface area contributed by atoms with E-state index in [1.165, 1.54) is 38.1 Å². The van der Waals surface area contributed by atoms with Crippen LogP contribution in [0.5, 0.6) is 5.75 Å². The van der Waals surface area contributed by atoms with Gasteiger partial charge in [-0.2, -0.15) is 0 Å². The fourth-order valence-corrected chi connectivity index (χ4v) is 0.824. The molecule has 14 heavy (non-hydrogen) atoms. The summed E-state index contributed by atoms with van der Waals surface area (Å²) < 4.78 is 13.1. The Morgan fingerprint density at radius 2 is 1.86 bits per heavy atom. The molecule has 1 amide bonds. The Morgan fingerprint density at radius 3 is 2.29 bits per heavy atom. The van der Waals surface area contributed by atoms with Gasteiger partial charge in [0, 0.05) is 5.69 Å². The second-order valence-electron chi connectivity index (χ2n) is 3.47. The van der Waals surface area contributed by atoms with Gasteiger partial charge in [-0.1, -0.05) is 0 Å². The number of hydrogen-bond acceptors (Lipinski definition) is 2. The van der Waals surface area contributed by atoms with Crippen LogP contribution in [0.1, 0.15) is 13.8 Å². The van der Waals surface area contributed by atoms with Crippen LogP contribution in [0, 0.1) is 0 Å². The third kappa shape index (κ3) is 2.73. The zero-order chi connectivity index (χ0) is 10.8. The first-order valence-electron chi connectivity index (χ1n) is 4.19. The molecule has 0 radical (unpaired) electrons. The molecule has 0 saturated carbocycles. The van der Waals surface area contributed by atoms with E-state index in [1.807, 2.05) is 0 Å². The molecular weight excluding hydrogens is 185 g/mol. The van der Waals surface area contributed by atoms with Crippen molar-refractivity contribution in [1.29, 1.82) is 0 Å². The number of benzene rings is 1. The number of phenols is 1. The summed E-state index contributed by atoms with van der Waals surface area (Å²) in [6.45, 7) is 2.37. The molecule has 3 nitrogen and oxygen atoms in total. The van der Waals surface area contributed by atoms with E-state index in [-0.39, 0.29) is 5.75 Å². The number of alkyl halides is 1. The molecule has 0 atom stereocenters. The van der Waals surface area contributed by atoms with Crippen LogP contribution in [0.2, 0.25) is 0 Å². The molecule has 0 unspecified atom stereocenters. The molecule has 76 valence electrons. The van der Waals surface area contributed by atoms with E-state index in [9.17, 15) is 9.18 Å². The third-order valence-corrected chi connectivity index (χ3v) is 1.67. The molecule has 1 aromatic carbocycles. The zero-order valence-corrected chi connectivity index (χ0v) is 8.04. The van der Waals surface area contributed by atoms with E-state index < -0.39 is 11.6 Å². The highest BCUT2D eigenvalue weighted by molar-refractivity contribution is 5.96. The predicted molar refractivity (Wildman–Crippen MR) is 51.9 cm³/mol. The predicted octanol–water partition coefficient (Wildman–Crippen LogP) is 2.08. The Labute approximate surface area is 81.6 Å². The Bertz CT molecular complexity index is 327. The first-order valence-corrected chi connectivity index (χ1v) is 4.19. The fourth-order valence-electron chi connectivity index (χ4n) is 0.824. The Morgan fingerprint density at radius 1 is 1.36 bits per heavy atom. The van der Waals surface area contributed by atoms with Crippen LogP contribution in [0.25, 0.3) is 0 Å². The molecule has 4 heteroatoms. The Kier molecular flexibility index (Phi) is 2.74. The monoisotopic (exact) mass is 197 g/mol. The molecule has 0 fully saturated rings. The van der Waals surface area contributed by atoms with E-state index in [2.05, 4.69) is 5.32 Å². The van der Waals surface area contributed by atoms with Gasteiger partial charge in [-0.15, -0.1) is 0 Å². The van der Waals surface area contributed by atoms with Crippen LogP contribution in [0.15, 0.2) is 24.3 Å². The van der Waals surface area contributed by atoms with Gasteiger partial charge in [0.15, 0.2) is 5.67 Å². The lowest BCUT2D eigenvalue weighted by atomic mass is 10.1. The van der Waals surface area contributed by atoms with Crippen LogP contribution in [-0.2, 0) is 4.79 Å². The Hall–Kier alpha value is -1.58. The number of carbonyl (C=O) groups excluding carboxylic acids is 1. The first-order chi connectivity index (χ1) is 6.39. The van der Waals surface area contributed by atoms with Gasteiger partial charge in [-0.25, -0.2) is 4.39 Å². The topological polar surface area (TPSA) is 49.3 Å². The number of carbonyl (C=O) groups is 1. The quantitative estimate of drug-likeness (QED) is 0.713. The number of aromatic hydroxyl groups is 1. The number of hydrogen-bond donors (Lipinski definition) is 2. The maximum Gasteiger partial charge on any atom is 0.261 e. The molecule has 0 aliphatic carbocycles. The standard InChI is InChI=1S/C10H12FNO2/c1-10(2,11)9(14)12-7-3-5-8(13)6-4-7/h3-6,13H,1-2H3,(H,12,14). The van der Waals surface area contributed by atoms with Crippen molar-refractivity contribution in [1.82, 2.24) is 0 Å². The molecule has 0 bridgehead atoms. The van der Waals surface area contributed by atoms with Crippen molar-refractivity contribution in [2.24, 2.45) is 0 Å². The van der Waals surface area contributed by atoms with Crippen molar-refractivity contribution in [3.63, 3.8) is 0 Å². The van der Waals surface area contributed by atoms with E-state index >= 15 is 0 Å². The van der Waals surface area contributed by atoms with Gasteiger partial charge in [-0.05, 0) is 38.1 Å². The van der Waals surface area contributed by atoms with Crippen LogP contribution >= 0.6 is 0 Å². The largest absolute Gasteiger partial charge is 0.508 e. The van der Waals surface area contributed by atoms with Crippen LogP contribution in [-0.4, -0.2) is 16.7 Å². The highest BCUT2D eigenvalue weighted by Crippen LogP contribution is 2.16. The van der Waals surface area contributed by atoms with Crippen molar-refractivity contribution in [2.45, 2.75) is 19.5 Å². The molecule has 1 aromatic rings. The van der Waals surface area contributed by atoms with Gasteiger partial charge in [0.05, 0.1) is 0 Å². The summed E-state index contributed by atoms with van der Waals surface area (Å²) in [5.41, 5.74) is -1.45. The summed E-state index contributed by atoms with van der Waals surface area (Å²) in [6, 6.07) is 5.83. The highest BCUT2D eigenvalue weighted by atomic mass is 19.1. The lowest BCUT2D eigenvalue weighted by molar-refractivity contribution is -0.125. The smallest absolute Gasteiger partial charge is 0.261 e. The molecule has 0 spiro atoms. The lowest BCUT2D eigenvalue weighted by Gasteiger charge is -2.13. The third-order valence-electron chi connectivity index (χ3n) is 1.67. The lowest BCUT2D eigenvalue weighted by Crippen LogP contribution is -2.32. The van der Waals surface area contributed by atoms with Crippen molar-refractivity contribution in [3.8, 4) is 5.75 Å². The van der Waals surface area contributed by atoms with E-state index in [4.69, 9.17) is 5.11 Å². The maximum atomic E-state index is 13.1. The minimum Gasteiger partial charge on any atom is -0.508 e. The summed E-state index contributed by atoms with van der Waals surface area (Å²) in [4.78, 5) is 11.2. The van der Waals surface area contributed by atoms with E-state index in [1.54, 1.807) is 0 Å². The summed E-state index contributed by atoms with van der Waals surface area (Å²) in [7, 11) is 0. The number of nitrogens with one attached hydrogen (secondary N) is 1. The van der Waals surface area contributed by atoms with Gasteiger partial charge in [0.2, 0.25) is 0 Å². The van der Waals surface area contributed by atoms with Crippen LogP contribution < -0.4 is 5.32 Å². The molecule has 2 N–H and O–H groups in total. The van der Waals surface area contributed by atoms with Crippen molar-refractivity contribution < 1.29 is 14.3 Å². The minimum absolute atomic E-state index is 0.0995. The second-order valence-corrected chi connectivity index (χ2v) is 3.47. The molecule has 0 aliphatic heterocycles. The summed E-state index contributed by atoms with van der Waals surface area (Å²) in [5.74, 6) is -0.606. The molecular formula is C10H12FNO2. The van der Waals surface area contributed by atoms with Gasteiger partial charge in [0.1, 0.15) is 5.75 Å². The summed E-state index contributed by atoms with van der Waals surface area (Å²) >= 11 is 0. The summed E-state index contributed by atoms with van der Waals surface area (Å²) in [6.07, 6.45) is 0. The number of anilines is 1. The maximum absolute atomic E-state index is 13.1. The highest BCUT2D eigenvalue weighted by Gasteiger charge is 2.26. The van der Waals surface area contributed by atoms with Crippen LogP contribution in [0.4, 0.5) is 10.1 Å². The molecule has 0 heterocycles. The van der Waals surface area contributed by atoms with E-state index in [0.29, 0.717) is 5.69 Å². The normalized spacial score (nSPS) is 11.1. The van der Waals surface area contributed by atoms with Crippen LogP contribution in [0.3, 0.4) is 0 Å². The number of halogens is 1.